The molecule has 0 aromatic heterocycles. The molecule has 4 aliphatic carbocycles. The van der Waals surface area contributed by atoms with E-state index in [9.17, 15) is 19.8 Å². The lowest BCUT2D eigenvalue weighted by atomic mass is 9.43. The van der Waals surface area contributed by atoms with Crippen LogP contribution < -0.4 is 5.32 Å². The minimum Gasteiger partial charge on any atom is -0.480 e. The van der Waals surface area contributed by atoms with Gasteiger partial charge in [-0.25, -0.2) is 0 Å². The number of aliphatic hydroxyl groups is 2. The van der Waals surface area contributed by atoms with E-state index in [1.54, 1.807) is 0 Å². The van der Waals surface area contributed by atoms with Crippen LogP contribution >= 0.6 is 0 Å². The van der Waals surface area contributed by atoms with Crippen molar-refractivity contribution >= 4 is 11.9 Å². The van der Waals surface area contributed by atoms with Crippen molar-refractivity contribution < 1.29 is 24.9 Å². The van der Waals surface area contributed by atoms with Gasteiger partial charge in [-0.05, 0) is 104 Å². The topological polar surface area (TPSA) is 107 Å². The quantitative estimate of drug-likeness (QED) is 0.496. The average Bonchev–Trinajstić information content (AvgIpc) is 3.10. The van der Waals surface area contributed by atoms with Crippen LogP contribution in [0, 0.1) is 46.3 Å². The summed E-state index contributed by atoms with van der Waals surface area (Å²) < 4.78 is 0. The van der Waals surface area contributed by atoms with Crippen LogP contribution in [-0.2, 0) is 9.59 Å². The van der Waals surface area contributed by atoms with Crippen LogP contribution in [0.2, 0.25) is 0 Å². The molecule has 0 bridgehead atoms. The van der Waals surface area contributed by atoms with E-state index in [1.807, 2.05) is 0 Å². The molecule has 6 heteroatoms. The summed E-state index contributed by atoms with van der Waals surface area (Å²) in [5.41, 5.74) is 0.145. The van der Waals surface area contributed by atoms with Gasteiger partial charge in [0.05, 0.1) is 12.2 Å². The molecule has 4 rings (SSSR count). The summed E-state index contributed by atoms with van der Waals surface area (Å²) >= 11 is 0. The third kappa shape index (κ3) is 4.00. The normalized spacial score (nSPS) is 46.5. The number of aliphatic hydroxyl groups excluding tert-OH is 2. The van der Waals surface area contributed by atoms with Gasteiger partial charge in [0.2, 0.25) is 5.91 Å². The summed E-state index contributed by atoms with van der Waals surface area (Å²) in [7, 11) is 0. The standard InChI is InChI=1S/C26H43NO5/c1-15(4-9-23(30)27-14-24(31)32)19-7-8-20-18-6-5-16-12-17(28)10-11-25(16,2)21(18)13-22(29)26(19,20)3/h15-22,28-29H,4-14H2,1-3H3,(H,27,30)(H,31,32)/t15-,16?,17-,18+,19-,20+,21-,22+,25+,26-/m1/s1. The lowest BCUT2D eigenvalue weighted by molar-refractivity contribution is -0.175. The second-order valence-corrected chi connectivity index (χ2v) is 12.1. The number of hydrogen-bond donors (Lipinski definition) is 4. The van der Waals surface area contributed by atoms with Crippen LogP contribution in [0.5, 0.6) is 0 Å². The van der Waals surface area contributed by atoms with Crippen molar-refractivity contribution in [2.45, 2.75) is 97.2 Å². The molecule has 4 saturated carbocycles. The predicted molar refractivity (Wildman–Crippen MR) is 122 cm³/mol. The number of amides is 1. The maximum absolute atomic E-state index is 12.0. The van der Waals surface area contributed by atoms with Gasteiger partial charge in [0.1, 0.15) is 6.54 Å². The Kier molecular flexibility index (Phi) is 6.68. The van der Waals surface area contributed by atoms with Crippen molar-refractivity contribution in [3.63, 3.8) is 0 Å². The molecule has 1 unspecified atom stereocenters. The molecule has 0 aromatic carbocycles. The summed E-state index contributed by atoms with van der Waals surface area (Å²) in [6.45, 7) is 6.65. The monoisotopic (exact) mass is 449 g/mol. The van der Waals surface area contributed by atoms with Crippen molar-refractivity contribution in [1.82, 2.24) is 5.32 Å². The van der Waals surface area contributed by atoms with E-state index in [4.69, 9.17) is 5.11 Å². The number of fused-ring (bicyclic) bond motifs is 5. The number of rotatable bonds is 6. The average molecular weight is 450 g/mol. The van der Waals surface area contributed by atoms with E-state index in [1.165, 1.54) is 12.8 Å². The number of carboxylic acid groups (broad SMARTS) is 1. The lowest BCUT2D eigenvalue weighted by Gasteiger charge is -2.62. The van der Waals surface area contributed by atoms with E-state index in [0.717, 1.165) is 44.9 Å². The number of carbonyl (C=O) groups is 2. The molecule has 0 heterocycles. The van der Waals surface area contributed by atoms with Crippen molar-refractivity contribution in [2.75, 3.05) is 6.54 Å². The van der Waals surface area contributed by atoms with Gasteiger partial charge in [0.25, 0.3) is 0 Å². The van der Waals surface area contributed by atoms with Gasteiger partial charge in [-0.15, -0.1) is 0 Å². The molecule has 0 radical (unpaired) electrons. The maximum Gasteiger partial charge on any atom is 0.322 e. The predicted octanol–water partition coefficient (Wildman–Crippen LogP) is 3.59. The van der Waals surface area contributed by atoms with E-state index in [0.29, 0.717) is 41.9 Å². The van der Waals surface area contributed by atoms with Crippen molar-refractivity contribution in [3.8, 4) is 0 Å². The zero-order valence-corrected chi connectivity index (χ0v) is 20.1. The second kappa shape index (κ2) is 8.90. The zero-order valence-electron chi connectivity index (χ0n) is 20.1. The molecule has 0 saturated heterocycles. The van der Waals surface area contributed by atoms with Gasteiger partial charge in [-0.3, -0.25) is 9.59 Å². The molecule has 32 heavy (non-hydrogen) atoms. The Morgan fingerprint density at radius 1 is 1.03 bits per heavy atom. The molecule has 0 aromatic rings. The first-order chi connectivity index (χ1) is 15.1. The van der Waals surface area contributed by atoms with Crippen LogP contribution in [-0.4, -0.2) is 45.9 Å². The summed E-state index contributed by atoms with van der Waals surface area (Å²) in [5.74, 6) is 1.84. The summed E-state index contributed by atoms with van der Waals surface area (Å²) in [6.07, 6.45) is 9.12. The number of carbonyl (C=O) groups excluding carboxylic acids is 1. The first kappa shape index (κ1) is 24.0. The molecule has 4 N–H and O–H groups in total. The van der Waals surface area contributed by atoms with E-state index >= 15 is 0 Å². The van der Waals surface area contributed by atoms with E-state index in [2.05, 4.69) is 26.1 Å². The molecule has 0 aliphatic heterocycles. The molecule has 1 amide bonds. The highest BCUT2D eigenvalue weighted by atomic mass is 16.4. The zero-order chi connectivity index (χ0) is 23.3. The minimum atomic E-state index is -1.02. The molecule has 6 nitrogen and oxygen atoms in total. The summed E-state index contributed by atoms with van der Waals surface area (Å²) in [6, 6.07) is 0. The molecule has 10 atom stereocenters. The minimum absolute atomic E-state index is 0.102. The third-order valence-corrected chi connectivity index (χ3v) is 10.8. The molecule has 0 spiro atoms. The van der Waals surface area contributed by atoms with Gasteiger partial charge in [-0.1, -0.05) is 20.8 Å². The van der Waals surface area contributed by atoms with E-state index < -0.39 is 5.97 Å². The molecular formula is C26H43NO5. The van der Waals surface area contributed by atoms with Gasteiger partial charge in [-0.2, -0.15) is 0 Å². The first-order valence-corrected chi connectivity index (χ1v) is 12.9. The number of aliphatic carboxylic acids is 1. The molecule has 4 fully saturated rings. The van der Waals surface area contributed by atoms with Crippen LogP contribution in [0.1, 0.15) is 85.0 Å². The smallest absolute Gasteiger partial charge is 0.322 e. The fourth-order valence-electron chi connectivity index (χ4n) is 8.98. The van der Waals surface area contributed by atoms with Crippen LogP contribution in [0.3, 0.4) is 0 Å². The number of hydrogen-bond acceptors (Lipinski definition) is 4. The Morgan fingerprint density at radius 3 is 2.50 bits per heavy atom. The van der Waals surface area contributed by atoms with Gasteiger partial charge < -0.3 is 20.6 Å². The third-order valence-electron chi connectivity index (χ3n) is 10.8. The van der Waals surface area contributed by atoms with E-state index in [-0.39, 0.29) is 35.5 Å². The van der Waals surface area contributed by atoms with Crippen LogP contribution in [0.25, 0.3) is 0 Å². The Hall–Kier alpha value is -1.14. The lowest BCUT2D eigenvalue weighted by Crippen LogP contribution is -2.58. The fraction of sp³-hybridized carbons (Fsp3) is 0.923. The summed E-state index contributed by atoms with van der Waals surface area (Å²) in [5, 5.41) is 33.0. The number of carboxylic acids is 1. The highest BCUT2D eigenvalue weighted by Crippen LogP contribution is 2.68. The highest BCUT2D eigenvalue weighted by Gasteiger charge is 2.63. The Bertz CT molecular complexity index is 727. The number of nitrogens with one attached hydrogen (secondary N) is 1. The molecular weight excluding hydrogens is 406 g/mol. The Labute approximate surface area is 192 Å². The SMILES string of the molecule is C[C@H](CCC(=O)NCC(=O)O)[C@H]1CC[C@H]2[C@@H]3CCC4C[C@H](O)CC[C@]4(C)[C@@H]3C[C@H](O)[C@]12C. The summed E-state index contributed by atoms with van der Waals surface area (Å²) in [4.78, 5) is 22.7. The fourth-order valence-corrected chi connectivity index (χ4v) is 8.98. The van der Waals surface area contributed by atoms with Gasteiger partial charge in [0, 0.05) is 6.42 Å². The van der Waals surface area contributed by atoms with Gasteiger partial charge in [0.15, 0.2) is 0 Å². The second-order valence-electron chi connectivity index (χ2n) is 12.1. The Balaban J connectivity index is 1.45. The van der Waals surface area contributed by atoms with Crippen LogP contribution in [0.15, 0.2) is 0 Å². The van der Waals surface area contributed by atoms with Crippen molar-refractivity contribution in [2.24, 2.45) is 46.3 Å². The molecule has 4 aliphatic rings. The van der Waals surface area contributed by atoms with Crippen LogP contribution in [0.4, 0.5) is 0 Å². The van der Waals surface area contributed by atoms with Crippen molar-refractivity contribution in [3.05, 3.63) is 0 Å². The molecule has 182 valence electrons. The first-order valence-electron chi connectivity index (χ1n) is 12.9. The Morgan fingerprint density at radius 2 is 1.78 bits per heavy atom. The highest BCUT2D eigenvalue weighted by molar-refractivity contribution is 5.81. The largest absolute Gasteiger partial charge is 0.480 e. The van der Waals surface area contributed by atoms with Crippen molar-refractivity contribution in [1.29, 1.82) is 0 Å². The maximum atomic E-state index is 12.0. The van der Waals surface area contributed by atoms with Gasteiger partial charge >= 0.3 is 5.97 Å².